The van der Waals surface area contributed by atoms with Gasteiger partial charge in [0.05, 0.1) is 0 Å². The summed E-state index contributed by atoms with van der Waals surface area (Å²) in [5, 5.41) is 0. The van der Waals surface area contributed by atoms with Crippen molar-refractivity contribution in [1.82, 2.24) is 9.80 Å². The van der Waals surface area contributed by atoms with E-state index in [1.165, 1.54) is 0 Å². The Labute approximate surface area is 208 Å². The van der Waals surface area contributed by atoms with Crippen molar-refractivity contribution in [2.45, 2.75) is 55.4 Å². The molecule has 34 heavy (non-hydrogen) atoms. The molecule has 0 amide bonds. The van der Waals surface area contributed by atoms with Crippen LogP contribution in [0.15, 0.2) is 48.6 Å². The van der Waals surface area contributed by atoms with Crippen LogP contribution in [0.3, 0.4) is 0 Å². The molecule has 0 atom stereocenters. The molecule has 0 aliphatic carbocycles. The van der Waals surface area contributed by atoms with Crippen molar-refractivity contribution in [3.63, 3.8) is 0 Å². The van der Waals surface area contributed by atoms with Gasteiger partial charge in [-0.1, -0.05) is 76.3 Å². The first-order valence-electron chi connectivity index (χ1n) is 12.7. The van der Waals surface area contributed by atoms with Crippen LogP contribution in [0.5, 0.6) is 0 Å². The van der Waals surface area contributed by atoms with Crippen LogP contribution in [0.25, 0.3) is 0 Å². The quantitative estimate of drug-likeness (QED) is 0.217. The number of likely N-dealkylation sites (N-methyl/N-ethyl adjacent to an activating group) is 2. The Balaban J connectivity index is 6.38. The van der Waals surface area contributed by atoms with E-state index in [1.54, 1.807) is 48.6 Å². The van der Waals surface area contributed by atoms with Gasteiger partial charge in [0.2, 0.25) is 0 Å². The van der Waals surface area contributed by atoms with Gasteiger partial charge in [0.15, 0.2) is 0 Å². The van der Waals surface area contributed by atoms with Crippen molar-refractivity contribution in [1.29, 1.82) is 0 Å². The first-order valence-corrected chi connectivity index (χ1v) is 12.7. The fourth-order valence-corrected chi connectivity index (χ4v) is 4.18. The Hall–Kier alpha value is -2.18. The molecule has 0 bridgehead atoms. The van der Waals surface area contributed by atoms with Crippen LogP contribution in [0, 0.1) is 10.8 Å². The fourth-order valence-electron chi connectivity index (χ4n) is 4.18. The number of carbonyl (C=O) groups excluding carboxylic acids is 2. The molecule has 6 heteroatoms. The lowest BCUT2D eigenvalue weighted by Gasteiger charge is -2.40. The van der Waals surface area contributed by atoms with Crippen molar-refractivity contribution in [3.05, 3.63) is 48.6 Å². The van der Waals surface area contributed by atoms with Gasteiger partial charge < -0.3 is 19.3 Å². The van der Waals surface area contributed by atoms with E-state index in [0.717, 1.165) is 26.2 Å². The van der Waals surface area contributed by atoms with Crippen LogP contribution < -0.4 is 0 Å². The first kappa shape index (κ1) is 31.8. The third kappa shape index (κ3) is 8.24. The Kier molecular flexibility index (Phi) is 16.2. The van der Waals surface area contributed by atoms with Gasteiger partial charge in [-0.2, -0.15) is 0 Å². The highest BCUT2D eigenvalue weighted by Crippen LogP contribution is 2.47. The van der Waals surface area contributed by atoms with Crippen LogP contribution in [0.2, 0.25) is 0 Å². The SMILES string of the molecule is C/C=C\C(/C=C\C)(C(=O)OCCN(CC)CC)C(/C=C/C)(/C=C/C)C(=O)OCCN(CC)CC. The maximum atomic E-state index is 13.8. The molecule has 0 aromatic rings. The zero-order valence-corrected chi connectivity index (χ0v) is 22.8. The summed E-state index contributed by atoms with van der Waals surface area (Å²) in [6.07, 6.45) is 14.1. The maximum absolute atomic E-state index is 13.8. The van der Waals surface area contributed by atoms with Crippen LogP contribution in [0.1, 0.15) is 55.4 Å². The van der Waals surface area contributed by atoms with Crippen molar-refractivity contribution in [2.24, 2.45) is 10.8 Å². The molecule has 0 saturated heterocycles. The van der Waals surface area contributed by atoms with Gasteiger partial charge in [-0.05, 0) is 53.9 Å². The molecule has 0 rings (SSSR count). The standard InChI is InChI=1S/C28H48N2O4/c1-9-17-27(18-10-2,25(31)33-23-21-29(13-5)14-6)28(19-11-3,20-12-4)26(32)34-24-22-30(15-7)16-8/h9-12,17-20H,13-16,21-24H2,1-8H3/b17-9-,18-10-,19-11+,20-12+. The van der Waals surface area contributed by atoms with E-state index >= 15 is 0 Å². The summed E-state index contributed by atoms with van der Waals surface area (Å²) in [7, 11) is 0. The van der Waals surface area contributed by atoms with Gasteiger partial charge in [-0.15, -0.1) is 0 Å². The van der Waals surface area contributed by atoms with Crippen LogP contribution in [-0.4, -0.2) is 74.2 Å². The lowest BCUT2D eigenvalue weighted by atomic mass is 9.61. The molecule has 194 valence electrons. The van der Waals surface area contributed by atoms with Gasteiger partial charge in [0.1, 0.15) is 24.0 Å². The van der Waals surface area contributed by atoms with Gasteiger partial charge in [-0.3, -0.25) is 9.59 Å². The zero-order chi connectivity index (χ0) is 26.0. The molecule has 0 aromatic heterocycles. The third-order valence-electron chi connectivity index (χ3n) is 6.15. The summed E-state index contributed by atoms with van der Waals surface area (Å²) in [6.45, 7) is 20.9. The summed E-state index contributed by atoms with van der Waals surface area (Å²) in [5.74, 6) is -0.958. The molecule has 0 aliphatic rings. The molecule has 0 heterocycles. The van der Waals surface area contributed by atoms with Gasteiger partial charge in [0.25, 0.3) is 0 Å². The smallest absolute Gasteiger partial charge is 0.321 e. The van der Waals surface area contributed by atoms with Crippen molar-refractivity contribution >= 4 is 11.9 Å². The number of hydrogen-bond donors (Lipinski definition) is 0. The molecule has 0 aliphatic heterocycles. The van der Waals surface area contributed by atoms with Crippen molar-refractivity contribution in [2.75, 3.05) is 52.5 Å². The summed E-state index contributed by atoms with van der Waals surface area (Å²) < 4.78 is 11.6. The normalized spacial score (nSPS) is 13.4. The van der Waals surface area contributed by atoms with E-state index in [-0.39, 0.29) is 13.2 Å². The summed E-state index contributed by atoms with van der Waals surface area (Å²) in [4.78, 5) is 31.9. The van der Waals surface area contributed by atoms with E-state index < -0.39 is 22.8 Å². The lowest BCUT2D eigenvalue weighted by Crippen LogP contribution is -2.50. The van der Waals surface area contributed by atoms with Crippen molar-refractivity contribution in [3.8, 4) is 0 Å². The molecule has 6 nitrogen and oxygen atoms in total. The Bertz CT molecular complexity index is 617. The molecule has 0 N–H and O–H groups in total. The van der Waals surface area contributed by atoms with Gasteiger partial charge in [0, 0.05) is 13.1 Å². The maximum Gasteiger partial charge on any atom is 0.321 e. The highest BCUT2D eigenvalue weighted by atomic mass is 16.5. The molecule has 0 aromatic carbocycles. The minimum Gasteiger partial charge on any atom is -0.463 e. The molecule has 0 spiro atoms. The summed E-state index contributed by atoms with van der Waals surface area (Å²) in [6, 6.07) is 0. The van der Waals surface area contributed by atoms with Gasteiger partial charge >= 0.3 is 11.9 Å². The first-order chi connectivity index (χ1) is 16.3. The average Bonchev–Trinajstić information content (AvgIpc) is 2.83. The highest BCUT2D eigenvalue weighted by molar-refractivity contribution is 5.95. The number of rotatable bonds is 17. The monoisotopic (exact) mass is 476 g/mol. The fraction of sp³-hybridized carbons (Fsp3) is 0.643. The molecular weight excluding hydrogens is 428 g/mol. The molecule has 0 radical (unpaired) electrons. The van der Waals surface area contributed by atoms with Crippen LogP contribution in [0.4, 0.5) is 0 Å². The zero-order valence-electron chi connectivity index (χ0n) is 22.8. The predicted octanol–water partition coefficient (Wildman–Crippen LogP) is 5.03. The van der Waals surface area contributed by atoms with Gasteiger partial charge in [-0.25, -0.2) is 0 Å². The third-order valence-corrected chi connectivity index (χ3v) is 6.15. The minimum atomic E-state index is -1.38. The van der Waals surface area contributed by atoms with Crippen LogP contribution in [-0.2, 0) is 19.1 Å². The number of hydrogen-bond acceptors (Lipinski definition) is 6. The van der Waals surface area contributed by atoms with E-state index in [9.17, 15) is 9.59 Å². The highest BCUT2D eigenvalue weighted by Gasteiger charge is 2.57. The summed E-state index contributed by atoms with van der Waals surface area (Å²) >= 11 is 0. The number of ether oxygens (including phenoxy) is 2. The topological polar surface area (TPSA) is 59.1 Å². The molecular formula is C28H48N2O4. The largest absolute Gasteiger partial charge is 0.463 e. The van der Waals surface area contributed by atoms with E-state index in [2.05, 4.69) is 37.5 Å². The average molecular weight is 477 g/mol. The number of nitrogens with zero attached hydrogens (tertiary/aromatic N) is 2. The molecule has 0 saturated carbocycles. The second-order valence-corrected chi connectivity index (χ2v) is 8.06. The van der Waals surface area contributed by atoms with Crippen molar-refractivity contribution < 1.29 is 19.1 Å². The molecule has 0 unspecified atom stereocenters. The number of carbonyl (C=O) groups is 2. The second-order valence-electron chi connectivity index (χ2n) is 8.06. The van der Waals surface area contributed by atoms with E-state index in [0.29, 0.717) is 13.1 Å². The number of allylic oxidation sites excluding steroid dienone is 4. The Morgan fingerprint density at radius 3 is 1.06 bits per heavy atom. The number of esters is 2. The Morgan fingerprint density at radius 1 is 0.588 bits per heavy atom. The lowest BCUT2D eigenvalue weighted by molar-refractivity contribution is -0.166. The minimum absolute atomic E-state index is 0.246. The summed E-state index contributed by atoms with van der Waals surface area (Å²) in [5.41, 5.74) is -2.77. The van der Waals surface area contributed by atoms with E-state index in [1.807, 2.05) is 27.7 Å². The second kappa shape index (κ2) is 17.3. The Morgan fingerprint density at radius 2 is 0.853 bits per heavy atom. The van der Waals surface area contributed by atoms with E-state index in [4.69, 9.17) is 9.47 Å². The predicted molar refractivity (Wildman–Crippen MR) is 142 cm³/mol. The molecule has 0 fully saturated rings. The van der Waals surface area contributed by atoms with Crippen LogP contribution >= 0.6 is 0 Å².